The van der Waals surface area contributed by atoms with Gasteiger partial charge < -0.3 is 18.8 Å². The maximum absolute atomic E-state index is 7.81. The molecule has 4 nitrogen and oxygen atoms in total. The summed E-state index contributed by atoms with van der Waals surface area (Å²) in [7, 11) is 0. The SMILES string of the molecule is CC(C)(C)c1ccc(N2c3ccc(C(C)(C)C)cc3B3c4oc5cc6c(cc5c4N(c4ccc5c(c4)C(C)(C)CCC5(C)C)c4cc(-n5c7cc(C(C)(C)C)ccc7c7ccc(C(C)(C)C)cc75)cc2c43)C2(C)CCC6(C)C2)cc1. The van der Waals surface area contributed by atoms with Crippen LogP contribution in [0.15, 0.2) is 126 Å². The number of nitrogens with zero attached hydrogens (tertiary/aromatic N) is 3. The molecule has 0 amide bonds. The average Bonchev–Trinajstić information content (AvgIpc) is 3.64. The third-order valence-corrected chi connectivity index (χ3v) is 20.8. The van der Waals surface area contributed by atoms with E-state index in [0.717, 1.165) is 29.0 Å². The normalized spacial score (nSPS) is 20.9. The van der Waals surface area contributed by atoms with Gasteiger partial charge in [0.05, 0.1) is 28.1 Å². The van der Waals surface area contributed by atoms with Gasteiger partial charge in [-0.1, -0.05) is 179 Å². The van der Waals surface area contributed by atoms with Crippen LogP contribution in [-0.2, 0) is 43.3 Å². The topological polar surface area (TPSA) is 24.6 Å². The molecule has 2 aliphatic heterocycles. The van der Waals surface area contributed by atoms with Crippen molar-refractivity contribution in [3.05, 3.63) is 166 Å². The Kier molecular flexibility index (Phi) is 10.4. The highest BCUT2D eigenvalue weighted by molar-refractivity contribution is 7.00. The zero-order valence-electron chi connectivity index (χ0n) is 51.4. The van der Waals surface area contributed by atoms with Crippen molar-refractivity contribution in [2.45, 2.75) is 200 Å². The highest BCUT2D eigenvalue weighted by atomic mass is 16.3. The van der Waals surface area contributed by atoms with Crippen molar-refractivity contribution in [1.82, 2.24) is 4.57 Å². The summed E-state index contributed by atoms with van der Waals surface area (Å²) in [4.78, 5) is 5.30. The lowest BCUT2D eigenvalue weighted by atomic mass is 9.35. The Labute approximate surface area is 478 Å². The minimum atomic E-state index is -0.182. The molecule has 0 saturated heterocycles. The molecule has 80 heavy (non-hydrogen) atoms. The average molecular weight is 1050 g/mol. The predicted molar refractivity (Wildman–Crippen MR) is 343 cm³/mol. The van der Waals surface area contributed by atoms with Gasteiger partial charge in [0.2, 0.25) is 0 Å². The number of anilines is 6. The molecule has 2 bridgehead atoms. The summed E-state index contributed by atoms with van der Waals surface area (Å²) in [5, 5.41) is 3.77. The number of fused-ring (bicyclic) bond motifs is 15. The molecule has 408 valence electrons. The van der Waals surface area contributed by atoms with Gasteiger partial charge in [-0.15, -0.1) is 0 Å². The van der Waals surface area contributed by atoms with Crippen molar-refractivity contribution in [3.8, 4) is 5.69 Å². The molecule has 2 unspecified atom stereocenters. The first-order valence-electron chi connectivity index (χ1n) is 30.2. The van der Waals surface area contributed by atoms with Gasteiger partial charge in [-0.05, 0) is 198 Å². The predicted octanol–water partition coefficient (Wildman–Crippen LogP) is 18.9. The van der Waals surface area contributed by atoms with Gasteiger partial charge >= 0.3 is 0 Å². The van der Waals surface area contributed by atoms with E-state index in [0.29, 0.717) is 0 Å². The van der Waals surface area contributed by atoms with Gasteiger partial charge in [0.15, 0.2) is 0 Å². The van der Waals surface area contributed by atoms with Gasteiger partial charge in [-0.25, -0.2) is 0 Å². The molecular weight excluding hydrogens is 970 g/mol. The van der Waals surface area contributed by atoms with Crippen LogP contribution in [-0.4, -0.2) is 11.3 Å². The van der Waals surface area contributed by atoms with Crippen LogP contribution in [0.25, 0.3) is 38.5 Å². The van der Waals surface area contributed by atoms with E-state index in [1.807, 2.05) is 0 Å². The van der Waals surface area contributed by atoms with Crippen molar-refractivity contribution in [2.75, 3.05) is 9.80 Å². The summed E-state index contributed by atoms with van der Waals surface area (Å²) >= 11 is 0. The number of aromatic nitrogens is 1. The molecule has 5 aliphatic rings. The smallest absolute Gasteiger partial charge is 0.297 e. The summed E-state index contributed by atoms with van der Waals surface area (Å²) in [5.41, 5.74) is 26.8. The zero-order valence-corrected chi connectivity index (χ0v) is 51.4. The van der Waals surface area contributed by atoms with E-state index in [4.69, 9.17) is 4.42 Å². The quantitative estimate of drug-likeness (QED) is 0.165. The summed E-state index contributed by atoms with van der Waals surface area (Å²) < 4.78 is 10.4. The standard InChI is InChI=1S/C75H84BN3O/c1-68(2,3)44-19-24-48(25-20-44)77-59-30-23-45(69(4,5)6)35-58(59)76-65-62(77)39-50(78-60-36-46(70(7,8)9)21-27-51(60)52-28-22-47(37-61(52)78)71(10,11)12)40-63(65)79(49-26-29-54-55(38-49)73(15,16)32-31-72(54,13)14)66-53-41-56-57(42-64(53)80-67(66)76)75(18)34-33-74(56,17)43-75/h19-30,35-42H,31-34,43H2,1-18H3. The maximum atomic E-state index is 7.81. The second kappa shape index (κ2) is 16.2. The van der Waals surface area contributed by atoms with Crippen molar-refractivity contribution < 1.29 is 4.42 Å². The third-order valence-electron chi connectivity index (χ3n) is 20.8. The van der Waals surface area contributed by atoms with Crippen molar-refractivity contribution >= 4 is 90.2 Å². The molecule has 1 fully saturated rings. The second-order valence-corrected chi connectivity index (χ2v) is 31.6. The Morgan fingerprint density at radius 1 is 0.412 bits per heavy atom. The van der Waals surface area contributed by atoms with E-state index in [1.165, 1.54) is 137 Å². The fourth-order valence-corrected chi connectivity index (χ4v) is 15.8. The van der Waals surface area contributed by atoms with Gasteiger partial charge in [-0.3, -0.25) is 0 Å². The summed E-state index contributed by atoms with van der Waals surface area (Å²) in [6.07, 6.45) is 5.96. The number of rotatable bonds is 3. The molecule has 0 N–H and O–H groups in total. The van der Waals surface area contributed by atoms with Crippen LogP contribution in [0.5, 0.6) is 0 Å². The first-order valence-corrected chi connectivity index (χ1v) is 30.2. The molecule has 3 aliphatic carbocycles. The van der Waals surface area contributed by atoms with E-state index in [2.05, 4.69) is 260 Å². The Hall–Kier alpha value is -6.46. The fourth-order valence-electron chi connectivity index (χ4n) is 15.8. The first-order chi connectivity index (χ1) is 37.3. The number of benzene rings is 7. The Morgan fingerprint density at radius 3 is 1.49 bits per heavy atom. The van der Waals surface area contributed by atoms with Crippen molar-refractivity contribution in [1.29, 1.82) is 0 Å². The molecule has 5 heteroatoms. The van der Waals surface area contributed by atoms with Crippen LogP contribution in [0.4, 0.5) is 34.1 Å². The van der Waals surface area contributed by atoms with Crippen molar-refractivity contribution in [2.24, 2.45) is 0 Å². The lowest BCUT2D eigenvalue weighted by molar-refractivity contribution is 0.332. The maximum Gasteiger partial charge on any atom is 0.297 e. The summed E-state index contributed by atoms with van der Waals surface area (Å²) in [6.45, 7) is 42.9. The molecule has 7 aromatic carbocycles. The molecule has 9 aromatic rings. The monoisotopic (exact) mass is 1050 g/mol. The highest BCUT2D eigenvalue weighted by Crippen LogP contribution is 2.62. The third kappa shape index (κ3) is 7.39. The molecule has 4 heterocycles. The molecule has 2 atom stereocenters. The second-order valence-electron chi connectivity index (χ2n) is 31.6. The van der Waals surface area contributed by atoms with Crippen molar-refractivity contribution in [3.63, 3.8) is 0 Å². The van der Waals surface area contributed by atoms with E-state index >= 15 is 0 Å². The van der Waals surface area contributed by atoms with Gasteiger partial charge in [-0.2, -0.15) is 0 Å². The van der Waals surface area contributed by atoms with Crippen LogP contribution in [0.1, 0.15) is 201 Å². The summed E-state index contributed by atoms with van der Waals surface area (Å²) in [6, 6.07) is 49.2. The van der Waals surface area contributed by atoms with Gasteiger partial charge in [0.25, 0.3) is 6.71 Å². The fraction of sp³-hybridized carbons (Fsp3) is 0.413. The zero-order chi connectivity index (χ0) is 56.6. The van der Waals surface area contributed by atoms with Crippen LogP contribution < -0.4 is 26.4 Å². The largest absolute Gasteiger partial charge is 0.468 e. The first kappa shape index (κ1) is 51.7. The summed E-state index contributed by atoms with van der Waals surface area (Å²) in [5.74, 6) is 0. The minimum absolute atomic E-state index is 0.00264. The van der Waals surface area contributed by atoms with E-state index < -0.39 is 0 Å². The van der Waals surface area contributed by atoms with Crippen LogP contribution in [0.3, 0.4) is 0 Å². The highest BCUT2D eigenvalue weighted by Gasteiger charge is 2.54. The van der Waals surface area contributed by atoms with Gasteiger partial charge in [0.1, 0.15) is 5.58 Å². The molecule has 0 spiro atoms. The van der Waals surface area contributed by atoms with Crippen LogP contribution >= 0.6 is 0 Å². The molecule has 1 saturated carbocycles. The molecule has 14 rings (SSSR count). The van der Waals surface area contributed by atoms with E-state index in [1.54, 1.807) is 0 Å². The molecule has 0 radical (unpaired) electrons. The Balaban J connectivity index is 1.17. The Bertz CT molecular complexity index is 4060. The van der Waals surface area contributed by atoms with Crippen LogP contribution in [0, 0.1) is 0 Å². The number of hydrogen-bond donors (Lipinski definition) is 0. The van der Waals surface area contributed by atoms with Gasteiger partial charge in [0, 0.05) is 44.6 Å². The van der Waals surface area contributed by atoms with E-state index in [-0.39, 0.29) is 50.0 Å². The number of furan rings is 1. The lowest BCUT2D eigenvalue weighted by Crippen LogP contribution is -2.61. The minimum Gasteiger partial charge on any atom is -0.468 e. The van der Waals surface area contributed by atoms with E-state index in [9.17, 15) is 0 Å². The lowest BCUT2D eigenvalue weighted by Gasteiger charge is -2.45. The molecule has 2 aromatic heterocycles. The van der Waals surface area contributed by atoms with Crippen LogP contribution in [0.2, 0.25) is 0 Å². The Morgan fingerprint density at radius 2 is 0.912 bits per heavy atom. The number of hydrogen-bond acceptors (Lipinski definition) is 3. The molecular formula is C75H84BN3O.